The first-order chi connectivity index (χ1) is 10.6. The summed E-state index contributed by atoms with van der Waals surface area (Å²) in [5.41, 5.74) is 4.02. The van der Waals surface area contributed by atoms with Crippen molar-refractivity contribution in [3.05, 3.63) is 53.6 Å². The lowest BCUT2D eigenvalue weighted by Crippen LogP contribution is -2.14. The number of thioether (sulfide) groups is 1. The summed E-state index contributed by atoms with van der Waals surface area (Å²) in [7, 11) is 0. The molecule has 3 rings (SSSR count). The Kier molecular flexibility index (Phi) is 4.45. The predicted molar refractivity (Wildman–Crippen MR) is 94.9 cm³/mol. The van der Waals surface area contributed by atoms with Gasteiger partial charge in [0.2, 0.25) is 5.91 Å². The number of nitrogens with one attached hydrogen (secondary N) is 1. The van der Waals surface area contributed by atoms with Gasteiger partial charge >= 0.3 is 0 Å². The second-order valence-electron chi connectivity index (χ2n) is 5.08. The van der Waals surface area contributed by atoms with E-state index in [2.05, 4.69) is 10.3 Å². The lowest BCUT2D eigenvalue weighted by atomic mass is 10.1. The number of nitrogens with zero attached hydrogens (tertiary/aromatic N) is 1. The largest absolute Gasteiger partial charge is 0.326 e. The van der Waals surface area contributed by atoms with E-state index >= 15 is 0 Å². The number of carbonyl (C=O) groups is 1. The Morgan fingerprint density at radius 1 is 1.23 bits per heavy atom. The molecule has 0 bridgehead atoms. The number of rotatable bonds is 4. The Morgan fingerprint density at radius 3 is 2.73 bits per heavy atom. The van der Waals surface area contributed by atoms with Crippen LogP contribution in [0.15, 0.2) is 46.8 Å². The van der Waals surface area contributed by atoms with Gasteiger partial charge in [0.1, 0.15) is 0 Å². The summed E-state index contributed by atoms with van der Waals surface area (Å²) < 4.78 is 2.13. The van der Waals surface area contributed by atoms with Crippen LogP contribution in [0.2, 0.25) is 0 Å². The monoisotopic (exact) mass is 328 g/mol. The number of aryl methyl sites for hydroxylation is 1. The minimum absolute atomic E-state index is 0.00203. The van der Waals surface area contributed by atoms with Gasteiger partial charge in [-0.15, -0.1) is 11.3 Å². The van der Waals surface area contributed by atoms with Gasteiger partial charge in [-0.05, 0) is 36.9 Å². The van der Waals surface area contributed by atoms with Gasteiger partial charge in [0, 0.05) is 5.69 Å². The van der Waals surface area contributed by atoms with E-state index in [0.717, 1.165) is 25.8 Å². The smallest absolute Gasteiger partial charge is 0.228 e. The number of anilines is 1. The maximum absolute atomic E-state index is 12.1. The molecule has 2 aromatic carbocycles. The predicted octanol–water partition coefficient (Wildman–Crippen LogP) is 4.51. The second-order valence-corrected chi connectivity index (χ2v) is 7.16. The van der Waals surface area contributed by atoms with E-state index in [0.29, 0.717) is 6.42 Å². The van der Waals surface area contributed by atoms with E-state index < -0.39 is 0 Å². The zero-order chi connectivity index (χ0) is 15.5. The van der Waals surface area contributed by atoms with Gasteiger partial charge in [0.25, 0.3) is 0 Å². The van der Waals surface area contributed by atoms with Crippen LogP contribution in [0.25, 0.3) is 10.2 Å². The summed E-state index contributed by atoms with van der Waals surface area (Å²) in [5.74, 6) is -0.00203. The normalized spacial score (nSPS) is 10.8. The fraction of sp³-hybridized carbons (Fsp3) is 0.176. The van der Waals surface area contributed by atoms with Gasteiger partial charge in [-0.25, -0.2) is 4.98 Å². The first-order valence-corrected chi connectivity index (χ1v) is 8.98. The van der Waals surface area contributed by atoms with E-state index in [1.54, 1.807) is 23.1 Å². The number of thiazole rings is 1. The minimum Gasteiger partial charge on any atom is -0.326 e. The maximum Gasteiger partial charge on any atom is 0.228 e. The van der Waals surface area contributed by atoms with Crippen LogP contribution in [0.3, 0.4) is 0 Å². The number of amides is 1. The van der Waals surface area contributed by atoms with Gasteiger partial charge in [-0.2, -0.15) is 0 Å². The minimum atomic E-state index is -0.00203. The molecule has 1 heterocycles. The molecule has 112 valence electrons. The van der Waals surface area contributed by atoms with Crippen molar-refractivity contribution in [3.63, 3.8) is 0 Å². The molecule has 0 aliphatic rings. The Bertz CT molecular complexity index is 809. The first kappa shape index (κ1) is 15.1. The van der Waals surface area contributed by atoms with Crippen LogP contribution in [-0.4, -0.2) is 17.1 Å². The van der Waals surface area contributed by atoms with E-state index in [1.165, 1.54) is 5.56 Å². The van der Waals surface area contributed by atoms with E-state index in [1.807, 2.05) is 55.6 Å². The molecule has 5 heteroatoms. The van der Waals surface area contributed by atoms with Crippen molar-refractivity contribution in [2.24, 2.45) is 0 Å². The number of benzene rings is 2. The third-order valence-electron chi connectivity index (χ3n) is 3.31. The van der Waals surface area contributed by atoms with Crippen molar-refractivity contribution in [2.45, 2.75) is 17.7 Å². The molecule has 0 saturated carbocycles. The Balaban J connectivity index is 1.71. The SMILES string of the molecule is CSc1nc2ccc(NC(=O)Cc3ccc(C)cc3)cc2s1. The second kappa shape index (κ2) is 6.50. The highest BCUT2D eigenvalue weighted by Gasteiger charge is 2.07. The van der Waals surface area contributed by atoms with Gasteiger partial charge in [-0.1, -0.05) is 41.6 Å². The highest BCUT2D eigenvalue weighted by atomic mass is 32.2. The number of fused-ring (bicyclic) bond motifs is 1. The summed E-state index contributed by atoms with van der Waals surface area (Å²) >= 11 is 3.28. The maximum atomic E-state index is 12.1. The van der Waals surface area contributed by atoms with Gasteiger partial charge in [0.15, 0.2) is 4.34 Å². The molecule has 1 amide bonds. The molecule has 0 spiro atoms. The number of aromatic nitrogens is 1. The molecule has 1 N–H and O–H groups in total. The molecule has 1 aromatic heterocycles. The standard InChI is InChI=1S/C17H16N2OS2/c1-11-3-5-12(6-4-11)9-16(20)18-13-7-8-14-15(10-13)22-17(19-14)21-2/h3-8,10H,9H2,1-2H3,(H,18,20). The Morgan fingerprint density at radius 2 is 2.00 bits per heavy atom. The molecule has 3 nitrogen and oxygen atoms in total. The Labute approximate surface area is 137 Å². The van der Waals surface area contributed by atoms with E-state index in [4.69, 9.17) is 0 Å². The summed E-state index contributed by atoms with van der Waals surface area (Å²) in [6.07, 6.45) is 2.40. The van der Waals surface area contributed by atoms with Crippen molar-refractivity contribution in [3.8, 4) is 0 Å². The van der Waals surface area contributed by atoms with Crippen LogP contribution in [-0.2, 0) is 11.2 Å². The molecule has 0 radical (unpaired) electrons. The summed E-state index contributed by atoms with van der Waals surface area (Å²) in [6.45, 7) is 2.04. The molecular formula is C17H16N2OS2. The van der Waals surface area contributed by atoms with Crippen molar-refractivity contribution < 1.29 is 4.79 Å². The average molecular weight is 328 g/mol. The number of hydrogen-bond acceptors (Lipinski definition) is 4. The third-order valence-corrected chi connectivity index (χ3v) is 5.32. The van der Waals surface area contributed by atoms with Gasteiger partial charge in [-0.3, -0.25) is 4.79 Å². The molecule has 0 aliphatic heterocycles. The first-order valence-electron chi connectivity index (χ1n) is 6.94. The van der Waals surface area contributed by atoms with Crippen LogP contribution in [0.4, 0.5) is 5.69 Å². The van der Waals surface area contributed by atoms with Gasteiger partial charge < -0.3 is 5.32 Å². The van der Waals surface area contributed by atoms with Crippen LogP contribution < -0.4 is 5.32 Å². The molecule has 0 saturated heterocycles. The molecule has 22 heavy (non-hydrogen) atoms. The average Bonchev–Trinajstić information content (AvgIpc) is 2.92. The van der Waals surface area contributed by atoms with Crippen LogP contribution in [0.1, 0.15) is 11.1 Å². The van der Waals surface area contributed by atoms with Crippen molar-refractivity contribution in [1.82, 2.24) is 4.98 Å². The van der Waals surface area contributed by atoms with Crippen molar-refractivity contribution in [1.29, 1.82) is 0 Å². The summed E-state index contributed by atoms with van der Waals surface area (Å²) in [4.78, 5) is 16.6. The van der Waals surface area contributed by atoms with Crippen LogP contribution >= 0.6 is 23.1 Å². The van der Waals surface area contributed by atoms with Crippen molar-refractivity contribution >= 4 is 44.9 Å². The van der Waals surface area contributed by atoms with Crippen LogP contribution in [0, 0.1) is 6.92 Å². The highest BCUT2D eigenvalue weighted by Crippen LogP contribution is 2.29. The fourth-order valence-corrected chi connectivity index (χ4v) is 3.69. The van der Waals surface area contributed by atoms with Crippen LogP contribution in [0.5, 0.6) is 0 Å². The summed E-state index contributed by atoms with van der Waals surface area (Å²) in [5, 5.41) is 2.96. The summed E-state index contributed by atoms with van der Waals surface area (Å²) in [6, 6.07) is 13.9. The molecule has 0 atom stereocenters. The highest BCUT2D eigenvalue weighted by molar-refractivity contribution is 8.00. The van der Waals surface area contributed by atoms with Crippen molar-refractivity contribution in [2.75, 3.05) is 11.6 Å². The topological polar surface area (TPSA) is 42.0 Å². The fourth-order valence-electron chi connectivity index (χ4n) is 2.17. The third kappa shape index (κ3) is 3.48. The lowest BCUT2D eigenvalue weighted by Gasteiger charge is -2.05. The molecule has 0 fully saturated rings. The Hall–Kier alpha value is -1.85. The zero-order valence-corrected chi connectivity index (χ0v) is 14.1. The van der Waals surface area contributed by atoms with Gasteiger partial charge in [0.05, 0.1) is 16.6 Å². The molecular weight excluding hydrogens is 312 g/mol. The molecule has 3 aromatic rings. The molecule has 0 unspecified atom stereocenters. The molecule has 0 aliphatic carbocycles. The van der Waals surface area contributed by atoms with E-state index in [9.17, 15) is 4.79 Å². The number of hydrogen-bond donors (Lipinski definition) is 1. The zero-order valence-electron chi connectivity index (χ0n) is 12.4. The number of carbonyl (C=O) groups excluding carboxylic acids is 1. The van der Waals surface area contributed by atoms with E-state index in [-0.39, 0.29) is 5.91 Å². The quantitative estimate of drug-likeness (QED) is 0.717. The lowest BCUT2D eigenvalue weighted by molar-refractivity contribution is -0.115.